The fraction of sp³-hybridized carbons (Fsp3) is 0.240. The van der Waals surface area contributed by atoms with Gasteiger partial charge in [-0.05, 0) is 32.6 Å². The lowest BCUT2D eigenvalue weighted by Crippen LogP contribution is -2.38. The third kappa shape index (κ3) is 4.03. The molecule has 1 heterocycles. The second kappa shape index (κ2) is 8.50. The first-order valence-corrected chi connectivity index (χ1v) is 9.86. The van der Waals surface area contributed by atoms with Crippen LogP contribution in [0.4, 0.5) is 5.69 Å². The molecule has 0 saturated carbocycles. The summed E-state index contributed by atoms with van der Waals surface area (Å²) < 4.78 is 11.8. The van der Waals surface area contributed by atoms with Crippen LogP contribution < -0.4 is 9.47 Å². The lowest BCUT2D eigenvalue weighted by Gasteiger charge is -2.31. The number of aliphatic imine (C=N–C) groups is 1. The molecule has 0 radical (unpaired) electrons. The summed E-state index contributed by atoms with van der Waals surface area (Å²) in [6.45, 7) is 0.641. The smallest absolute Gasteiger partial charge is 0.151 e. The molecular weight excluding hydrogens is 360 g/mol. The van der Waals surface area contributed by atoms with Crippen molar-refractivity contribution in [1.82, 2.24) is 4.90 Å². The Morgan fingerprint density at radius 1 is 0.931 bits per heavy atom. The van der Waals surface area contributed by atoms with Crippen LogP contribution in [0.3, 0.4) is 0 Å². The molecule has 148 valence electrons. The summed E-state index contributed by atoms with van der Waals surface area (Å²) in [7, 11) is 5.87. The van der Waals surface area contributed by atoms with E-state index in [1.54, 1.807) is 7.11 Å². The Morgan fingerprint density at radius 2 is 1.55 bits per heavy atom. The highest BCUT2D eigenvalue weighted by Crippen LogP contribution is 2.41. The second-order valence-electron chi connectivity index (χ2n) is 7.42. The van der Waals surface area contributed by atoms with Crippen LogP contribution in [0, 0.1) is 0 Å². The van der Waals surface area contributed by atoms with E-state index in [1.165, 1.54) is 0 Å². The Balaban J connectivity index is 1.85. The molecule has 1 aliphatic heterocycles. The van der Waals surface area contributed by atoms with Crippen LogP contribution >= 0.6 is 0 Å². The fourth-order valence-electron chi connectivity index (χ4n) is 3.65. The van der Waals surface area contributed by atoms with Gasteiger partial charge in [0.1, 0.15) is 18.0 Å². The van der Waals surface area contributed by atoms with E-state index in [9.17, 15) is 0 Å². The Hall–Kier alpha value is -3.11. The number of likely N-dealkylation sites (N-methyl/N-ethyl adjacent to an activating group) is 1. The largest absolute Gasteiger partial charge is 0.496 e. The monoisotopic (exact) mass is 386 g/mol. The van der Waals surface area contributed by atoms with Crippen LogP contribution in [0.15, 0.2) is 77.8 Å². The minimum Gasteiger partial charge on any atom is -0.496 e. The molecule has 0 N–H and O–H groups in total. The summed E-state index contributed by atoms with van der Waals surface area (Å²) in [6, 6.07) is 24.8. The van der Waals surface area contributed by atoms with Gasteiger partial charge in [0.05, 0.1) is 12.8 Å². The Morgan fingerprint density at radius 3 is 2.10 bits per heavy atom. The average molecular weight is 386 g/mol. The molecule has 3 aromatic rings. The molecule has 1 atom stereocenters. The zero-order chi connectivity index (χ0) is 20.2. The first kappa shape index (κ1) is 19.2. The van der Waals surface area contributed by atoms with Gasteiger partial charge >= 0.3 is 0 Å². The normalized spacial score (nSPS) is 15.4. The Labute approximate surface area is 172 Å². The summed E-state index contributed by atoms with van der Waals surface area (Å²) in [5.41, 5.74) is 4.99. The first-order chi connectivity index (χ1) is 14.2. The fourth-order valence-corrected chi connectivity index (χ4v) is 3.65. The minimum absolute atomic E-state index is 0.318. The molecule has 4 nitrogen and oxygen atoms in total. The van der Waals surface area contributed by atoms with E-state index in [4.69, 9.17) is 14.5 Å². The summed E-state index contributed by atoms with van der Waals surface area (Å²) in [6.07, 6.45) is 0.876. The van der Waals surface area contributed by atoms with Gasteiger partial charge in [-0.2, -0.15) is 0 Å². The molecule has 0 aromatic heterocycles. The topological polar surface area (TPSA) is 34.1 Å². The second-order valence-corrected chi connectivity index (χ2v) is 7.42. The molecule has 4 rings (SSSR count). The van der Waals surface area contributed by atoms with E-state index < -0.39 is 0 Å². The predicted octanol–water partition coefficient (Wildman–Crippen LogP) is 4.73. The lowest BCUT2D eigenvalue weighted by molar-refractivity contribution is 0.163. The van der Waals surface area contributed by atoms with Crippen molar-refractivity contribution in [1.29, 1.82) is 0 Å². The van der Waals surface area contributed by atoms with Gasteiger partial charge in [0.15, 0.2) is 5.75 Å². The maximum atomic E-state index is 6.21. The molecule has 3 aromatic carbocycles. The molecule has 0 saturated heterocycles. The van der Waals surface area contributed by atoms with Crippen molar-refractivity contribution < 1.29 is 9.47 Å². The number of hydrogen-bond acceptors (Lipinski definition) is 4. The van der Waals surface area contributed by atoms with E-state index in [1.807, 2.05) is 48.5 Å². The van der Waals surface area contributed by atoms with Gasteiger partial charge in [0, 0.05) is 22.7 Å². The van der Waals surface area contributed by atoms with Crippen molar-refractivity contribution in [3.8, 4) is 11.5 Å². The van der Waals surface area contributed by atoms with Crippen molar-refractivity contribution in [2.45, 2.75) is 12.5 Å². The summed E-state index contributed by atoms with van der Waals surface area (Å²) in [5, 5.41) is 0. The molecule has 4 heteroatoms. The number of benzene rings is 3. The van der Waals surface area contributed by atoms with Crippen molar-refractivity contribution in [3.05, 3.63) is 89.5 Å². The molecule has 0 fully saturated rings. The van der Waals surface area contributed by atoms with Gasteiger partial charge in [-0.3, -0.25) is 0 Å². The van der Waals surface area contributed by atoms with E-state index in [2.05, 4.69) is 43.3 Å². The van der Waals surface area contributed by atoms with Crippen LogP contribution in [-0.2, 0) is 6.42 Å². The number of fused-ring (bicyclic) bond motifs is 1. The van der Waals surface area contributed by atoms with Crippen LogP contribution in [0.1, 0.15) is 16.7 Å². The lowest BCUT2D eigenvalue weighted by atomic mass is 9.99. The minimum atomic E-state index is 0.318. The third-order valence-corrected chi connectivity index (χ3v) is 5.33. The summed E-state index contributed by atoms with van der Waals surface area (Å²) in [5.74, 6) is 1.68. The van der Waals surface area contributed by atoms with Crippen molar-refractivity contribution in [2.75, 3.05) is 27.8 Å². The zero-order valence-corrected chi connectivity index (χ0v) is 17.1. The molecule has 0 amide bonds. The van der Waals surface area contributed by atoms with Crippen molar-refractivity contribution >= 4 is 11.4 Å². The highest BCUT2D eigenvalue weighted by Gasteiger charge is 2.27. The standard InChI is InChI=1S/C25H26N2O2/c1-27(2)20-16-21-23(28-3)15-14-22(25(21)29-17-20)26-24(18-10-6-4-7-11-18)19-12-8-5-9-13-19/h4-15,20H,16-17H2,1-3H3. The number of ether oxygens (including phenoxy) is 2. The number of nitrogens with zero attached hydrogens (tertiary/aromatic N) is 2. The molecule has 0 bridgehead atoms. The maximum absolute atomic E-state index is 6.21. The Kier molecular flexibility index (Phi) is 5.63. The van der Waals surface area contributed by atoms with Gasteiger partial charge in [0.25, 0.3) is 0 Å². The highest BCUT2D eigenvalue weighted by atomic mass is 16.5. The van der Waals surface area contributed by atoms with Crippen molar-refractivity contribution in [2.24, 2.45) is 4.99 Å². The Bertz CT molecular complexity index is 957. The third-order valence-electron chi connectivity index (χ3n) is 5.33. The molecular formula is C25H26N2O2. The molecule has 29 heavy (non-hydrogen) atoms. The van der Waals surface area contributed by atoms with Gasteiger partial charge in [0.2, 0.25) is 0 Å². The van der Waals surface area contributed by atoms with Crippen LogP contribution in [0.5, 0.6) is 11.5 Å². The van der Waals surface area contributed by atoms with E-state index >= 15 is 0 Å². The SMILES string of the molecule is COc1ccc(N=C(c2ccccc2)c2ccccc2)c2c1CC(N(C)C)CO2. The summed E-state index contributed by atoms with van der Waals surface area (Å²) in [4.78, 5) is 7.27. The van der Waals surface area contributed by atoms with Crippen LogP contribution in [0.2, 0.25) is 0 Å². The van der Waals surface area contributed by atoms with Crippen LogP contribution in [0.25, 0.3) is 0 Å². The van der Waals surface area contributed by atoms with Gasteiger partial charge in [-0.1, -0.05) is 60.7 Å². The molecule has 0 spiro atoms. The molecule has 1 aliphatic rings. The van der Waals surface area contributed by atoms with E-state index in [-0.39, 0.29) is 0 Å². The van der Waals surface area contributed by atoms with Crippen LogP contribution in [-0.4, -0.2) is 44.5 Å². The summed E-state index contributed by atoms with van der Waals surface area (Å²) >= 11 is 0. The van der Waals surface area contributed by atoms with Crippen molar-refractivity contribution in [3.63, 3.8) is 0 Å². The predicted molar refractivity (Wildman–Crippen MR) is 118 cm³/mol. The maximum Gasteiger partial charge on any atom is 0.151 e. The molecule has 0 aliphatic carbocycles. The zero-order valence-electron chi connectivity index (χ0n) is 17.1. The molecule has 1 unspecified atom stereocenters. The average Bonchev–Trinajstić information content (AvgIpc) is 2.78. The first-order valence-electron chi connectivity index (χ1n) is 9.86. The number of methoxy groups -OCH3 is 1. The van der Waals surface area contributed by atoms with Gasteiger partial charge in [-0.25, -0.2) is 4.99 Å². The van der Waals surface area contributed by atoms with E-state index in [0.717, 1.165) is 46.0 Å². The van der Waals surface area contributed by atoms with Gasteiger partial charge in [-0.15, -0.1) is 0 Å². The van der Waals surface area contributed by atoms with Gasteiger partial charge < -0.3 is 14.4 Å². The van der Waals surface area contributed by atoms with E-state index in [0.29, 0.717) is 12.6 Å². The highest BCUT2D eigenvalue weighted by molar-refractivity contribution is 6.14. The number of hydrogen-bond donors (Lipinski definition) is 0. The quantitative estimate of drug-likeness (QED) is 0.595. The number of rotatable bonds is 5.